The van der Waals surface area contributed by atoms with Crippen LogP contribution in [0.15, 0.2) is 30.3 Å². The van der Waals surface area contributed by atoms with Gasteiger partial charge in [-0.1, -0.05) is 30.3 Å². The predicted molar refractivity (Wildman–Crippen MR) is 75.5 cm³/mol. The Morgan fingerprint density at radius 1 is 1.22 bits per heavy atom. The molecule has 0 aliphatic rings. The molecule has 0 radical (unpaired) electrons. The number of likely N-dealkylation sites (N-methyl/N-ethyl adjacent to an activating group) is 1. The highest BCUT2D eigenvalue weighted by molar-refractivity contribution is 5.80. The minimum absolute atomic E-state index is 0.0864. The van der Waals surface area contributed by atoms with E-state index in [1.165, 1.54) is 5.56 Å². The second-order valence-corrected chi connectivity index (χ2v) is 4.85. The van der Waals surface area contributed by atoms with Crippen LogP contribution in [0.25, 0.3) is 0 Å². The summed E-state index contributed by atoms with van der Waals surface area (Å²) in [6.45, 7) is 2.81. The molecule has 0 aromatic heterocycles. The Balaban J connectivity index is 2.10. The highest BCUT2D eigenvalue weighted by atomic mass is 16.2. The van der Waals surface area contributed by atoms with Gasteiger partial charge in [0.1, 0.15) is 0 Å². The summed E-state index contributed by atoms with van der Waals surface area (Å²) in [5, 5.41) is 3.26. The van der Waals surface area contributed by atoms with E-state index in [1.807, 2.05) is 13.0 Å². The molecule has 1 atom stereocenters. The number of hydrogen-bond acceptors (Lipinski definition) is 2. The third kappa shape index (κ3) is 5.32. The molecule has 1 aromatic rings. The van der Waals surface area contributed by atoms with Crippen molar-refractivity contribution < 1.29 is 4.79 Å². The molecule has 0 saturated heterocycles. The molecule has 1 N–H and O–H groups in total. The fraction of sp³-hybridized carbons (Fsp3) is 0.533. The second-order valence-electron chi connectivity index (χ2n) is 4.85. The van der Waals surface area contributed by atoms with Crippen LogP contribution in [0, 0.1) is 0 Å². The van der Waals surface area contributed by atoms with Crippen molar-refractivity contribution in [1.82, 2.24) is 10.2 Å². The first kappa shape index (κ1) is 14.7. The first-order valence-corrected chi connectivity index (χ1v) is 6.59. The Morgan fingerprint density at radius 2 is 1.89 bits per heavy atom. The van der Waals surface area contributed by atoms with Crippen LogP contribution < -0.4 is 5.32 Å². The normalized spacial score (nSPS) is 12.2. The Hall–Kier alpha value is -1.35. The lowest BCUT2D eigenvalue weighted by atomic mass is 10.1. The fourth-order valence-electron chi connectivity index (χ4n) is 1.89. The lowest BCUT2D eigenvalue weighted by Crippen LogP contribution is -2.41. The minimum atomic E-state index is -0.0864. The molecule has 1 rings (SSSR count). The third-order valence-electron chi connectivity index (χ3n) is 3.00. The van der Waals surface area contributed by atoms with E-state index >= 15 is 0 Å². The van der Waals surface area contributed by atoms with Gasteiger partial charge in [0.2, 0.25) is 5.91 Å². The van der Waals surface area contributed by atoms with E-state index in [-0.39, 0.29) is 11.9 Å². The molecule has 0 spiro atoms. The quantitative estimate of drug-likeness (QED) is 0.749. The number of unbranched alkanes of at least 4 members (excludes halogenated alkanes) is 1. The van der Waals surface area contributed by atoms with Crippen LogP contribution in [-0.2, 0) is 11.2 Å². The molecule has 0 aliphatic carbocycles. The van der Waals surface area contributed by atoms with Crippen molar-refractivity contribution in [1.29, 1.82) is 0 Å². The standard InChI is InChI=1S/C15H24N2O/c1-13(15(18)17(2)3)16-12-8-7-11-14-9-5-4-6-10-14/h4-6,9-10,13,16H,7-8,11-12H2,1-3H3. The maximum atomic E-state index is 11.6. The van der Waals surface area contributed by atoms with E-state index in [0.29, 0.717) is 0 Å². The predicted octanol–water partition coefficient (Wildman–Crippen LogP) is 2.08. The Kier molecular flexibility index (Phi) is 6.44. The van der Waals surface area contributed by atoms with Crippen molar-refractivity contribution in [3.63, 3.8) is 0 Å². The minimum Gasteiger partial charge on any atom is -0.347 e. The van der Waals surface area contributed by atoms with Crippen LogP contribution in [0.3, 0.4) is 0 Å². The Morgan fingerprint density at radius 3 is 2.50 bits per heavy atom. The van der Waals surface area contributed by atoms with Crippen LogP contribution in [0.5, 0.6) is 0 Å². The third-order valence-corrected chi connectivity index (χ3v) is 3.00. The summed E-state index contributed by atoms with van der Waals surface area (Å²) in [6.07, 6.45) is 3.36. The van der Waals surface area contributed by atoms with Crippen molar-refractivity contribution in [3.05, 3.63) is 35.9 Å². The van der Waals surface area contributed by atoms with E-state index in [2.05, 4.69) is 29.6 Å². The van der Waals surface area contributed by atoms with Gasteiger partial charge in [-0.05, 0) is 38.3 Å². The van der Waals surface area contributed by atoms with Crippen LogP contribution in [0.2, 0.25) is 0 Å². The molecule has 3 heteroatoms. The average molecular weight is 248 g/mol. The van der Waals surface area contributed by atoms with E-state index in [0.717, 1.165) is 25.8 Å². The summed E-state index contributed by atoms with van der Waals surface area (Å²) < 4.78 is 0. The molecule has 3 nitrogen and oxygen atoms in total. The lowest BCUT2D eigenvalue weighted by molar-refractivity contribution is -0.130. The van der Waals surface area contributed by atoms with E-state index in [4.69, 9.17) is 0 Å². The zero-order chi connectivity index (χ0) is 13.4. The van der Waals surface area contributed by atoms with Gasteiger partial charge in [-0.3, -0.25) is 4.79 Å². The zero-order valence-corrected chi connectivity index (χ0v) is 11.6. The van der Waals surface area contributed by atoms with Crippen LogP contribution in [-0.4, -0.2) is 37.5 Å². The SMILES string of the molecule is CC(NCCCCc1ccccc1)C(=O)N(C)C. The van der Waals surface area contributed by atoms with Crippen molar-refractivity contribution >= 4 is 5.91 Å². The molecule has 1 aromatic carbocycles. The van der Waals surface area contributed by atoms with Crippen molar-refractivity contribution in [2.75, 3.05) is 20.6 Å². The smallest absolute Gasteiger partial charge is 0.238 e. The van der Waals surface area contributed by atoms with E-state index in [9.17, 15) is 4.79 Å². The van der Waals surface area contributed by atoms with Gasteiger partial charge in [-0.2, -0.15) is 0 Å². The number of nitrogens with one attached hydrogen (secondary N) is 1. The second kappa shape index (κ2) is 7.88. The van der Waals surface area contributed by atoms with Crippen molar-refractivity contribution in [2.45, 2.75) is 32.2 Å². The maximum absolute atomic E-state index is 11.6. The largest absolute Gasteiger partial charge is 0.347 e. The summed E-state index contributed by atoms with van der Waals surface area (Å²) in [6, 6.07) is 10.4. The zero-order valence-electron chi connectivity index (χ0n) is 11.6. The molecule has 0 saturated carbocycles. The Bertz CT molecular complexity index is 349. The van der Waals surface area contributed by atoms with Crippen molar-refractivity contribution in [3.8, 4) is 0 Å². The fourth-order valence-corrected chi connectivity index (χ4v) is 1.89. The molecular formula is C15H24N2O. The van der Waals surface area contributed by atoms with Gasteiger partial charge in [0.15, 0.2) is 0 Å². The van der Waals surface area contributed by atoms with E-state index in [1.54, 1.807) is 19.0 Å². The molecule has 1 amide bonds. The number of hydrogen-bond donors (Lipinski definition) is 1. The molecule has 18 heavy (non-hydrogen) atoms. The first-order valence-electron chi connectivity index (χ1n) is 6.59. The van der Waals surface area contributed by atoms with Crippen LogP contribution in [0.4, 0.5) is 0 Å². The molecule has 0 aliphatic heterocycles. The topological polar surface area (TPSA) is 32.3 Å². The summed E-state index contributed by atoms with van der Waals surface area (Å²) in [7, 11) is 3.58. The number of aryl methyl sites for hydroxylation is 1. The monoisotopic (exact) mass is 248 g/mol. The summed E-state index contributed by atoms with van der Waals surface area (Å²) in [4.78, 5) is 13.2. The molecule has 100 valence electrons. The van der Waals surface area contributed by atoms with Crippen molar-refractivity contribution in [2.24, 2.45) is 0 Å². The van der Waals surface area contributed by atoms with Crippen LogP contribution >= 0.6 is 0 Å². The molecule has 0 fully saturated rings. The maximum Gasteiger partial charge on any atom is 0.238 e. The molecule has 0 bridgehead atoms. The van der Waals surface area contributed by atoms with E-state index < -0.39 is 0 Å². The van der Waals surface area contributed by atoms with Gasteiger partial charge >= 0.3 is 0 Å². The number of amides is 1. The van der Waals surface area contributed by atoms with Gasteiger partial charge in [0.05, 0.1) is 6.04 Å². The molecular weight excluding hydrogens is 224 g/mol. The molecule has 1 unspecified atom stereocenters. The summed E-state index contributed by atoms with van der Waals surface area (Å²) in [5.41, 5.74) is 1.38. The number of nitrogens with zero attached hydrogens (tertiary/aromatic N) is 1. The average Bonchev–Trinajstić information content (AvgIpc) is 2.38. The molecule has 0 heterocycles. The number of rotatable bonds is 7. The Labute approximate surface area is 110 Å². The van der Waals surface area contributed by atoms with Gasteiger partial charge in [0.25, 0.3) is 0 Å². The van der Waals surface area contributed by atoms with Gasteiger partial charge in [-0.15, -0.1) is 0 Å². The van der Waals surface area contributed by atoms with Gasteiger partial charge in [-0.25, -0.2) is 0 Å². The number of benzene rings is 1. The summed E-state index contributed by atoms with van der Waals surface area (Å²) in [5.74, 6) is 0.137. The highest BCUT2D eigenvalue weighted by Gasteiger charge is 2.12. The van der Waals surface area contributed by atoms with Gasteiger partial charge < -0.3 is 10.2 Å². The number of carbonyl (C=O) groups excluding carboxylic acids is 1. The summed E-state index contributed by atoms with van der Waals surface area (Å²) >= 11 is 0. The number of carbonyl (C=O) groups is 1. The first-order chi connectivity index (χ1) is 8.61. The van der Waals surface area contributed by atoms with Crippen LogP contribution in [0.1, 0.15) is 25.3 Å². The lowest BCUT2D eigenvalue weighted by Gasteiger charge is -2.17. The van der Waals surface area contributed by atoms with Gasteiger partial charge in [0, 0.05) is 14.1 Å². The highest BCUT2D eigenvalue weighted by Crippen LogP contribution is 2.04.